The van der Waals surface area contributed by atoms with E-state index >= 15 is 0 Å². The molecule has 2 aromatic carbocycles. The Balaban J connectivity index is 1.57. The van der Waals surface area contributed by atoms with Gasteiger partial charge in [-0.2, -0.15) is 0 Å². The summed E-state index contributed by atoms with van der Waals surface area (Å²) in [6, 6.07) is 11.7. The SMILES string of the molecule is COc1ccc(S(=O)(=O)C2CCN(C(=O)CCc3c(Cl)cccc3Cl)CC2)cc1. The fraction of sp³-hybridized carbons (Fsp3) is 0.381. The first kappa shape index (κ1) is 21.9. The smallest absolute Gasteiger partial charge is 0.222 e. The number of carbonyl (C=O) groups excluding carboxylic acids is 1. The van der Waals surface area contributed by atoms with Crippen LogP contribution in [0.3, 0.4) is 0 Å². The van der Waals surface area contributed by atoms with Gasteiger partial charge in [-0.1, -0.05) is 29.3 Å². The van der Waals surface area contributed by atoms with Crippen LogP contribution in [0, 0.1) is 0 Å². The maximum Gasteiger partial charge on any atom is 0.222 e. The van der Waals surface area contributed by atoms with E-state index in [1.165, 1.54) is 7.11 Å². The van der Waals surface area contributed by atoms with Crippen molar-refractivity contribution in [2.75, 3.05) is 20.2 Å². The Hall–Kier alpha value is -1.76. The fourth-order valence-corrected chi connectivity index (χ4v) is 5.85. The maximum absolute atomic E-state index is 12.9. The molecule has 2 aromatic rings. The van der Waals surface area contributed by atoms with E-state index in [1.807, 2.05) is 0 Å². The van der Waals surface area contributed by atoms with Crippen molar-refractivity contribution >= 4 is 38.9 Å². The third-order valence-corrected chi connectivity index (χ3v) is 8.26. The number of piperidine rings is 1. The molecule has 0 aliphatic carbocycles. The van der Waals surface area contributed by atoms with Gasteiger partial charge in [-0.15, -0.1) is 0 Å². The topological polar surface area (TPSA) is 63.7 Å². The summed E-state index contributed by atoms with van der Waals surface area (Å²) in [5.74, 6) is 0.601. The Bertz CT molecular complexity index is 948. The Morgan fingerprint density at radius 2 is 1.66 bits per heavy atom. The van der Waals surface area contributed by atoms with Crippen molar-refractivity contribution < 1.29 is 17.9 Å². The van der Waals surface area contributed by atoms with E-state index in [0.29, 0.717) is 54.6 Å². The van der Waals surface area contributed by atoms with Gasteiger partial charge in [0.25, 0.3) is 0 Å². The molecule has 1 fully saturated rings. The van der Waals surface area contributed by atoms with Crippen LogP contribution in [-0.2, 0) is 21.1 Å². The van der Waals surface area contributed by atoms with E-state index in [-0.39, 0.29) is 10.8 Å². The lowest BCUT2D eigenvalue weighted by atomic mass is 10.1. The average molecular weight is 456 g/mol. The van der Waals surface area contributed by atoms with Gasteiger partial charge < -0.3 is 9.64 Å². The van der Waals surface area contributed by atoms with Gasteiger partial charge >= 0.3 is 0 Å². The number of halogens is 2. The number of hydrogen-bond acceptors (Lipinski definition) is 4. The predicted molar refractivity (Wildman–Crippen MR) is 115 cm³/mol. The molecule has 0 saturated carbocycles. The number of benzene rings is 2. The molecular formula is C21H23Cl2NO4S. The first-order chi connectivity index (χ1) is 13.8. The number of hydrogen-bond donors (Lipinski definition) is 0. The van der Waals surface area contributed by atoms with E-state index in [1.54, 1.807) is 47.4 Å². The number of sulfone groups is 1. The molecule has 0 radical (unpaired) electrons. The molecule has 1 amide bonds. The van der Waals surface area contributed by atoms with Gasteiger partial charge in [0, 0.05) is 29.6 Å². The number of carbonyl (C=O) groups is 1. The summed E-state index contributed by atoms with van der Waals surface area (Å²) < 4.78 is 30.8. The van der Waals surface area contributed by atoms with Crippen LogP contribution < -0.4 is 4.74 Å². The maximum atomic E-state index is 12.9. The van der Waals surface area contributed by atoms with Gasteiger partial charge in [0.15, 0.2) is 9.84 Å². The standard InChI is InChI=1S/C21H23Cl2NO4S/c1-28-15-5-7-16(8-6-15)29(26,27)17-11-13-24(14-12-17)21(25)10-9-18-19(22)3-2-4-20(18)23/h2-8,17H,9-14H2,1H3. The number of rotatable bonds is 6. The van der Waals surface area contributed by atoms with Crippen LogP contribution in [0.5, 0.6) is 5.75 Å². The summed E-state index contributed by atoms with van der Waals surface area (Å²) in [7, 11) is -1.89. The fourth-order valence-electron chi connectivity index (χ4n) is 3.53. The number of amides is 1. The summed E-state index contributed by atoms with van der Waals surface area (Å²) in [6.45, 7) is 0.851. The Morgan fingerprint density at radius 1 is 1.07 bits per heavy atom. The quantitative estimate of drug-likeness (QED) is 0.647. The van der Waals surface area contributed by atoms with Crippen molar-refractivity contribution in [3.8, 4) is 5.75 Å². The average Bonchev–Trinajstić information content (AvgIpc) is 2.73. The molecule has 0 N–H and O–H groups in total. The first-order valence-electron chi connectivity index (χ1n) is 9.41. The first-order valence-corrected chi connectivity index (χ1v) is 11.7. The molecule has 156 valence electrons. The van der Waals surface area contributed by atoms with Crippen molar-refractivity contribution in [3.05, 3.63) is 58.1 Å². The molecule has 0 spiro atoms. The number of nitrogens with zero attached hydrogens (tertiary/aromatic N) is 1. The van der Waals surface area contributed by atoms with Crippen LogP contribution in [-0.4, -0.2) is 44.7 Å². The van der Waals surface area contributed by atoms with Crippen molar-refractivity contribution in [1.29, 1.82) is 0 Å². The van der Waals surface area contributed by atoms with Crippen molar-refractivity contribution in [1.82, 2.24) is 4.90 Å². The van der Waals surface area contributed by atoms with E-state index in [2.05, 4.69) is 0 Å². The van der Waals surface area contributed by atoms with E-state index in [0.717, 1.165) is 5.56 Å². The lowest BCUT2D eigenvalue weighted by molar-refractivity contribution is -0.132. The van der Waals surface area contributed by atoms with Crippen molar-refractivity contribution in [2.24, 2.45) is 0 Å². The summed E-state index contributed by atoms with van der Waals surface area (Å²) in [5, 5.41) is 0.613. The van der Waals surface area contributed by atoms with Crippen molar-refractivity contribution in [3.63, 3.8) is 0 Å². The van der Waals surface area contributed by atoms with Crippen molar-refractivity contribution in [2.45, 2.75) is 35.8 Å². The van der Waals surface area contributed by atoms with Gasteiger partial charge in [-0.05, 0) is 61.2 Å². The van der Waals surface area contributed by atoms with Gasteiger partial charge in [-0.3, -0.25) is 4.79 Å². The molecule has 1 heterocycles. The highest BCUT2D eigenvalue weighted by molar-refractivity contribution is 7.92. The minimum atomic E-state index is -3.43. The highest BCUT2D eigenvalue weighted by Crippen LogP contribution is 2.28. The van der Waals surface area contributed by atoms with Crippen LogP contribution in [0.2, 0.25) is 10.0 Å². The molecule has 3 rings (SSSR count). The molecular weight excluding hydrogens is 433 g/mol. The number of likely N-dealkylation sites (tertiary alicyclic amines) is 1. The molecule has 5 nitrogen and oxygen atoms in total. The Labute approximate surface area is 181 Å². The third kappa shape index (κ3) is 5.05. The van der Waals surface area contributed by atoms with Gasteiger partial charge in [0.1, 0.15) is 5.75 Å². The molecule has 1 saturated heterocycles. The molecule has 1 aliphatic rings. The van der Waals surface area contributed by atoms with E-state index in [9.17, 15) is 13.2 Å². The minimum Gasteiger partial charge on any atom is -0.497 e. The zero-order valence-electron chi connectivity index (χ0n) is 16.1. The van der Waals surface area contributed by atoms with E-state index < -0.39 is 15.1 Å². The van der Waals surface area contributed by atoms with Gasteiger partial charge in [-0.25, -0.2) is 8.42 Å². The summed E-state index contributed by atoms with van der Waals surface area (Å²) in [6.07, 6.45) is 1.60. The lowest BCUT2D eigenvalue weighted by Gasteiger charge is -2.32. The highest BCUT2D eigenvalue weighted by atomic mass is 35.5. The molecule has 0 atom stereocenters. The zero-order valence-corrected chi connectivity index (χ0v) is 18.4. The van der Waals surface area contributed by atoms with Crippen LogP contribution in [0.1, 0.15) is 24.8 Å². The molecule has 0 unspecified atom stereocenters. The second kappa shape index (κ2) is 9.37. The predicted octanol–water partition coefficient (Wildman–Crippen LogP) is 4.40. The van der Waals surface area contributed by atoms with Crippen LogP contribution in [0.4, 0.5) is 0 Å². The highest BCUT2D eigenvalue weighted by Gasteiger charge is 2.32. The molecule has 8 heteroatoms. The zero-order chi connectivity index (χ0) is 21.0. The summed E-state index contributed by atoms with van der Waals surface area (Å²) in [4.78, 5) is 14.6. The van der Waals surface area contributed by atoms with Crippen LogP contribution in [0.25, 0.3) is 0 Å². The Kier molecular flexibility index (Phi) is 7.09. The molecule has 0 bridgehead atoms. The second-order valence-electron chi connectivity index (χ2n) is 7.00. The number of ether oxygens (including phenoxy) is 1. The molecule has 1 aliphatic heterocycles. The molecule has 0 aromatic heterocycles. The summed E-state index contributed by atoms with van der Waals surface area (Å²) >= 11 is 12.3. The monoisotopic (exact) mass is 455 g/mol. The van der Waals surface area contributed by atoms with Gasteiger partial charge in [0.2, 0.25) is 5.91 Å². The lowest BCUT2D eigenvalue weighted by Crippen LogP contribution is -2.42. The third-order valence-electron chi connectivity index (χ3n) is 5.27. The minimum absolute atomic E-state index is 0.0127. The summed E-state index contributed by atoms with van der Waals surface area (Å²) in [5.41, 5.74) is 0.765. The van der Waals surface area contributed by atoms with Crippen LogP contribution >= 0.6 is 23.2 Å². The van der Waals surface area contributed by atoms with Gasteiger partial charge in [0.05, 0.1) is 17.3 Å². The van der Waals surface area contributed by atoms with E-state index in [4.69, 9.17) is 27.9 Å². The van der Waals surface area contributed by atoms with Crippen LogP contribution in [0.15, 0.2) is 47.4 Å². The molecule has 29 heavy (non-hydrogen) atoms. The normalized spacial score (nSPS) is 15.3. The Morgan fingerprint density at radius 3 is 2.21 bits per heavy atom. The largest absolute Gasteiger partial charge is 0.497 e. The second-order valence-corrected chi connectivity index (χ2v) is 10.0. The number of methoxy groups -OCH3 is 1.